The first-order valence-corrected chi connectivity index (χ1v) is 11.5. The van der Waals surface area contributed by atoms with Gasteiger partial charge in [0.2, 0.25) is 5.91 Å². The molecule has 3 aromatic rings. The van der Waals surface area contributed by atoms with Gasteiger partial charge in [0.25, 0.3) is 5.56 Å². The summed E-state index contributed by atoms with van der Waals surface area (Å²) in [5, 5.41) is 4.12. The molecule has 0 bridgehead atoms. The Labute approximate surface area is 182 Å². The van der Waals surface area contributed by atoms with Crippen LogP contribution in [0.5, 0.6) is 11.5 Å². The van der Waals surface area contributed by atoms with Crippen LogP contribution in [0.25, 0.3) is 10.2 Å². The number of aromatic nitrogens is 2. The van der Waals surface area contributed by atoms with E-state index in [1.165, 1.54) is 16.6 Å². The highest BCUT2D eigenvalue weighted by atomic mass is 32.2. The summed E-state index contributed by atoms with van der Waals surface area (Å²) < 4.78 is 10.5. The van der Waals surface area contributed by atoms with Gasteiger partial charge in [-0.25, -0.2) is 4.98 Å². The Morgan fingerprint density at radius 1 is 1.27 bits per heavy atom. The fraction of sp³-hybridized carbons (Fsp3) is 0.381. The van der Waals surface area contributed by atoms with Crippen LogP contribution < -0.4 is 20.3 Å². The van der Waals surface area contributed by atoms with Gasteiger partial charge < -0.3 is 19.8 Å². The number of amides is 1. The van der Waals surface area contributed by atoms with Gasteiger partial charge in [0.15, 0.2) is 16.7 Å². The lowest BCUT2D eigenvalue weighted by molar-refractivity contribution is -0.118. The maximum atomic E-state index is 12.5. The molecule has 1 amide bonds. The Balaban J connectivity index is 1.30. The van der Waals surface area contributed by atoms with Gasteiger partial charge in [-0.15, -0.1) is 11.3 Å². The zero-order valence-electron chi connectivity index (χ0n) is 16.9. The van der Waals surface area contributed by atoms with Gasteiger partial charge in [-0.05, 0) is 48.9 Å². The maximum absolute atomic E-state index is 12.5. The van der Waals surface area contributed by atoms with E-state index >= 15 is 0 Å². The second-order valence-corrected chi connectivity index (χ2v) is 9.03. The molecule has 2 aromatic heterocycles. The summed E-state index contributed by atoms with van der Waals surface area (Å²) in [6.45, 7) is 0.509. The number of hydrogen-bond donors (Lipinski definition) is 2. The fourth-order valence-corrected chi connectivity index (χ4v) is 5.63. The van der Waals surface area contributed by atoms with E-state index in [2.05, 4.69) is 15.3 Å². The van der Waals surface area contributed by atoms with E-state index < -0.39 is 0 Å². The van der Waals surface area contributed by atoms with Gasteiger partial charge in [0.05, 0.1) is 25.4 Å². The van der Waals surface area contributed by atoms with Gasteiger partial charge in [-0.1, -0.05) is 17.8 Å². The smallest absolute Gasteiger partial charge is 0.260 e. The number of nitrogens with one attached hydrogen (secondary N) is 2. The number of carbonyl (C=O) groups is 1. The van der Waals surface area contributed by atoms with Crippen molar-refractivity contribution in [2.45, 2.75) is 30.8 Å². The predicted molar refractivity (Wildman–Crippen MR) is 119 cm³/mol. The van der Waals surface area contributed by atoms with E-state index in [4.69, 9.17) is 9.47 Å². The van der Waals surface area contributed by atoms with E-state index in [1.54, 1.807) is 25.6 Å². The van der Waals surface area contributed by atoms with Crippen LogP contribution in [0.3, 0.4) is 0 Å². The maximum Gasteiger partial charge on any atom is 0.260 e. The molecule has 0 atom stereocenters. The van der Waals surface area contributed by atoms with E-state index in [9.17, 15) is 9.59 Å². The van der Waals surface area contributed by atoms with Crippen molar-refractivity contribution in [3.05, 3.63) is 44.6 Å². The molecule has 2 heterocycles. The van der Waals surface area contributed by atoms with E-state index in [0.29, 0.717) is 29.6 Å². The molecule has 1 aromatic carbocycles. The standard InChI is InChI=1S/C21H23N3O4S2/c1-27-14-7-6-12(10-15(14)28-2)8-9-22-17(25)11-29-21-23-19(26)18-13-4-3-5-16(13)30-20(18)24-21/h6-7,10H,3-5,8-9,11H2,1-2H3,(H,22,25)(H,23,24,26). The van der Waals surface area contributed by atoms with Gasteiger partial charge in [0.1, 0.15) is 4.83 Å². The second kappa shape index (κ2) is 9.09. The van der Waals surface area contributed by atoms with Crippen molar-refractivity contribution in [2.24, 2.45) is 0 Å². The summed E-state index contributed by atoms with van der Waals surface area (Å²) in [5.41, 5.74) is 2.10. The van der Waals surface area contributed by atoms with Crippen molar-refractivity contribution in [1.29, 1.82) is 0 Å². The number of methoxy groups -OCH3 is 2. The minimum atomic E-state index is -0.101. The largest absolute Gasteiger partial charge is 0.493 e. The van der Waals surface area contributed by atoms with Crippen LogP contribution in [0.1, 0.15) is 22.4 Å². The predicted octanol–water partition coefficient (Wildman–Crippen LogP) is 2.94. The Morgan fingerprint density at radius 2 is 2.10 bits per heavy atom. The summed E-state index contributed by atoms with van der Waals surface area (Å²) in [7, 11) is 3.20. The lowest BCUT2D eigenvalue weighted by Gasteiger charge is -2.10. The van der Waals surface area contributed by atoms with Crippen molar-refractivity contribution in [1.82, 2.24) is 15.3 Å². The number of thioether (sulfide) groups is 1. The van der Waals surface area contributed by atoms with E-state index in [1.807, 2.05) is 18.2 Å². The first kappa shape index (κ1) is 20.7. The molecule has 1 aliphatic carbocycles. The molecule has 9 heteroatoms. The number of carbonyl (C=O) groups excluding carboxylic acids is 1. The fourth-order valence-electron chi connectivity index (χ4n) is 3.62. The molecular formula is C21H23N3O4S2. The number of benzene rings is 1. The van der Waals surface area contributed by atoms with Crippen LogP contribution in [0, 0.1) is 0 Å². The van der Waals surface area contributed by atoms with Crippen LogP contribution in [0.15, 0.2) is 28.2 Å². The van der Waals surface area contributed by atoms with Crippen molar-refractivity contribution >= 4 is 39.2 Å². The van der Waals surface area contributed by atoms with Crippen LogP contribution in [0.4, 0.5) is 0 Å². The molecule has 30 heavy (non-hydrogen) atoms. The summed E-state index contributed by atoms with van der Waals surface area (Å²) in [6.07, 6.45) is 3.77. The summed E-state index contributed by atoms with van der Waals surface area (Å²) >= 11 is 2.85. The average Bonchev–Trinajstić information content (AvgIpc) is 3.33. The van der Waals surface area contributed by atoms with E-state index in [0.717, 1.165) is 40.6 Å². The molecular weight excluding hydrogens is 422 g/mol. The molecule has 2 N–H and O–H groups in total. The number of fused-ring (bicyclic) bond motifs is 3. The van der Waals surface area contributed by atoms with Gasteiger partial charge in [-0.2, -0.15) is 0 Å². The van der Waals surface area contributed by atoms with Crippen LogP contribution >= 0.6 is 23.1 Å². The highest BCUT2D eigenvalue weighted by molar-refractivity contribution is 7.99. The molecule has 0 spiro atoms. The Kier molecular flexibility index (Phi) is 6.29. The van der Waals surface area contributed by atoms with Crippen LogP contribution in [-0.4, -0.2) is 42.4 Å². The zero-order valence-corrected chi connectivity index (χ0v) is 18.5. The number of hydrogen-bond acceptors (Lipinski definition) is 7. The van der Waals surface area contributed by atoms with Gasteiger partial charge in [0, 0.05) is 11.4 Å². The summed E-state index contributed by atoms with van der Waals surface area (Å²) in [5.74, 6) is 1.45. The average molecular weight is 446 g/mol. The molecule has 0 radical (unpaired) electrons. The van der Waals surface area contributed by atoms with Crippen molar-refractivity contribution in [2.75, 3.05) is 26.5 Å². The Bertz CT molecular complexity index is 1140. The number of aryl methyl sites for hydroxylation is 2. The lowest BCUT2D eigenvalue weighted by atomic mass is 10.1. The first-order chi connectivity index (χ1) is 14.6. The first-order valence-electron chi connectivity index (χ1n) is 9.74. The van der Waals surface area contributed by atoms with Crippen molar-refractivity contribution in [3.63, 3.8) is 0 Å². The topological polar surface area (TPSA) is 93.3 Å². The molecule has 0 fully saturated rings. The highest BCUT2D eigenvalue weighted by Crippen LogP contribution is 2.35. The van der Waals surface area contributed by atoms with Crippen LogP contribution in [0.2, 0.25) is 0 Å². The SMILES string of the molecule is COc1ccc(CCNC(=O)CSc2nc3sc4c(c3c(=O)[nH]2)CCC4)cc1OC. The van der Waals surface area contributed by atoms with E-state index in [-0.39, 0.29) is 17.2 Å². The zero-order chi connectivity index (χ0) is 21.1. The van der Waals surface area contributed by atoms with Crippen molar-refractivity contribution in [3.8, 4) is 11.5 Å². The molecule has 7 nitrogen and oxygen atoms in total. The molecule has 0 saturated carbocycles. The Hall–Kier alpha value is -2.52. The lowest BCUT2D eigenvalue weighted by Crippen LogP contribution is -2.27. The molecule has 1 aliphatic rings. The molecule has 158 valence electrons. The molecule has 0 aliphatic heterocycles. The third-order valence-corrected chi connectivity index (χ3v) is 7.14. The molecule has 4 rings (SSSR count). The van der Waals surface area contributed by atoms with Crippen LogP contribution in [-0.2, 0) is 24.1 Å². The minimum Gasteiger partial charge on any atom is -0.493 e. The summed E-state index contributed by atoms with van der Waals surface area (Å²) in [4.78, 5) is 34.1. The van der Waals surface area contributed by atoms with Crippen molar-refractivity contribution < 1.29 is 14.3 Å². The number of aromatic amines is 1. The molecule has 0 saturated heterocycles. The minimum absolute atomic E-state index is 0.100. The normalized spacial score (nSPS) is 12.7. The third-order valence-electron chi connectivity index (χ3n) is 5.08. The van der Waals surface area contributed by atoms with Gasteiger partial charge in [-0.3, -0.25) is 9.59 Å². The number of nitrogens with zero attached hydrogens (tertiary/aromatic N) is 1. The second-order valence-electron chi connectivity index (χ2n) is 6.99. The number of rotatable bonds is 8. The number of thiophene rings is 1. The molecule has 0 unspecified atom stereocenters. The number of ether oxygens (including phenoxy) is 2. The monoisotopic (exact) mass is 445 g/mol. The third kappa shape index (κ3) is 4.32. The Morgan fingerprint density at radius 3 is 2.90 bits per heavy atom. The summed E-state index contributed by atoms with van der Waals surface area (Å²) in [6, 6.07) is 5.71. The number of H-pyrrole nitrogens is 1. The quantitative estimate of drug-likeness (QED) is 0.409. The highest BCUT2D eigenvalue weighted by Gasteiger charge is 2.21. The van der Waals surface area contributed by atoms with Gasteiger partial charge >= 0.3 is 0 Å².